The highest BCUT2D eigenvalue weighted by atomic mass is 35.5. The van der Waals surface area contributed by atoms with E-state index in [0.29, 0.717) is 6.61 Å². The largest absolute Gasteiger partial charge is 0.494 e. The van der Waals surface area contributed by atoms with Gasteiger partial charge >= 0.3 is 0 Å². The smallest absolute Gasteiger partial charge is 0.119 e. The Morgan fingerprint density at radius 2 is 1.75 bits per heavy atom. The quantitative estimate of drug-likeness (QED) is 0.260. The number of benzene rings is 1. The summed E-state index contributed by atoms with van der Waals surface area (Å²) in [5.41, 5.74) is 3.28. The number of halogens is 1. The van der Waals surface area contributed by atoms with Gasteiger partial charge in [-0.2, -0.15) is 0 Å². The van der Waals surface area contributed by atoms with Crippen molar-refractivity contribution in [2.45, 2.75) is 64.2 Å². The maximum Gasteiger partial charge on any atom is 0.119 e. The summed E-state index contributed by atoms with van der Waals surface area (Å²) < 4.78 is 11.5. The number of alkyl halides is 1. The highest BCUT2D eigenvalue weighted by Crippen LogP contribution is 2.21. The number of nitrogens with zero attached hydrogens (tertiary/aromatic N) is 1. The van der Waals surface area contributed by atoms with Crippen LogP contribution in [0.3, 0.4) is 0 Å². The average Bonchev–Trinajstić information content (AvgIpc) is 2.74. The van der Waals surface area contributed by atoms with E-state index < -0.39 is 0 Å². The topological polar surface area (TPSA) is 31.4 Å². The van der Waals surface area contributed by atoms with E-state index in [2.05, 4.69) is 43.1 Å². The fourth-order valence-corrected chi connectivity index (χ4v) is 2.99. The Kier molecular flexibility index (Phi) is 11.0. The molecule has 2 rings (SSSR count). The lowest BCUT2D eigenvalue weighted by atomic mass is 10.1. The molecule has 1 heterocycles. The summed E-state index contributed by atoms with van der Waals surface area (Å²) in [7, 11) is 0. The van der Waals surface area contributed by atoms with Crippen LogP contribution in [-0.4, -0.2) is 30.2 Å². The fourth-order valence-electron chi connectivity index (χ4n) is 2.90. The zero-order chi connectivity index (χ0) is 20.0. The molecule has 4 heteroatoms. The summed E-state index contributed by atoms with van der Waals surface area (Å²) in [6, 6.07) is 12.3. The van der Waals surface area contributed by atoms with E-state index in [9.17, 15) is 0 Å². The van der Waals surface area contributed by atoms with E-state index in [-0.39, 0.29) is 5.38 Å². The van der Waals surface area contributed by atoms with Crippen LogP contribution >= 0.6 is 11.6 Å². The van der Waals surface area contributed by atoms with Crippen molar-refractivity contribution in [3.8, 4) is 17.0 Å². The highest BCUT2D eigenvalue weighted by molar-refractivity contribution is 6.20. The van der Waals surface area contributed by atoms with Crippen LogP contribution in [0.2, 0.25) is 0 Å². The number of ether oxygens (including phenoxy) is 2. The van der Waals surface area contributed by atoms with Crippen molar-refractivity contribution in [1.82, 2.24) is 4.98 Å². The van der Waals surface area contributed by atoms with Gasteiger partial charge in [-0.05, 0) is 61.6 Å². The number of rotatable bonds is 14. The molecule has 3 nitrogen and oxygen atoms in total. The highest BCUT2D eigenvalue weighted by Gasteiger charge is 2.04. The maximum absolute atomic E-state index is 6.12. The number of pyridine rings is 1. The van der Waals surface area contributed by atoms with Crippen LogP contribution in [0.15, 0.2) is 42.6 Å². The fraction of sp³-hybridized carbons (Fsp3) is 0.542. The summed E-state index contributed by atoms with van der Waals surface area (Å²) in [4.78, 5) is 4.60. The predicted octanol–water partition coefficient (Wildman–Crippen LogP) is 6.67. The standard InChI is InChI=1S/C24H34ClNO2/c1-3-5-6-7-16-27-17-14-20-8-13-24(26-19-20)21-9-11-23(12-10-21)28-18-15-22(25)4-2/h8-13,19,22H,3-7,14-18H2,1-2H3. The minimum absolute atomic E-state index is 0.188. The molecule has 1 aromatic carbocycles. The van der Waals surface area contributed by atoms with Crippen molar-refractivity contribution in [3.05, 3.63) is 48.2 Å². The third kappa shape index (κ3) is 8.62. The Balaban J connectivity index is 1.73. The van der Waals surface area contributed by atoms with Gasteiger partial charge in [0, 0.05) is 23.7 Å². The van der Waals surface area contributed by atoms with Gasteiger partial charge in [0.1, 0.15) is 5.75 Å². The summed E-state index contributed by atoms with van der Waals surface area (Å²) in [6.07, 6.45) is 9.69. The van der Waals surface area contributed by atoms with Crippen molar-refractivity contribution >= 4 is 11.6 Å². The zero-order valence-electron chi connectivity index (χ0n) is 17.3. The Bertz CT molecular complexity index is 643. The van der Waals surface area contributed by atoms with Crippen molar-refractivity contribution in [3.63, 3.8) is 0 Å². The second-order valence-corrected chi connectivity index (χ2v) is 7.76. The van der Waals surface area contributed by atoms with Crippen molar-refractivity contribution in [2.24, 2.45) is 0 Å². The van der Waals surface area contributed by atoms with Gasteiger partial charge in [-0.25, -0.2) is 0 Å². The molecule has 0 N–H and O–H groups in total. The van der Waals surface area contributed by atoms with Gasteiger partial charge in [0.25, 0.3) is 0 Å². The van der Waals surface area contributed by atoms with Crippen LogP contribution in [0.25, 0.3) is 11.3 Å². The van der Waals surface area contributed by atoms with Gasteiger partial charge in [0.15, 0.2) is 0 Å². The molecular formula is C24H34ClNO2. The van der Waals surface area contributed by atoms with E-state index in [4.69, 9.17) is 21.1 Å². The van der Waals surface area contributed by atoms with Crippen LogP contribution in [-0.2, 0) is 11.2 Å². The maximum atomic E-state index is 6.12. The SMILES string of the molecule is CCCCCCOCCc1ccc(-c2ccc(OCCC(Cl)CC)cc2)nc1. The molecule has 0 bridgehead atoms. The van der Waals surface area contributed by atoms with Crippen molar-refractivity contribution < 1.29 is 9.47 Å². The van der Waals surface area contributed by atoms with Crippen molar-refractivity contribution in [1.29, 1.82) is 0 Å². The van der Waals surface area contributed by atoms with Crippen LogP contribution in [0.1, 0.15) is 57.9 Å². The lowest BCUT2D eigenvalue weighted by Gasteiger charge is -2.09. The lowest BCUT2D eigenvalue weighted by molar-refractivity contribution is 0.133. The second-order valence-electron chi connectivity index (χ2n) is 7.14. The first kappa shape index (κ1) is 22.7. The average molecular weight is 404 g/mol. The summed E-state index contributed by atoms with van der Waals surface area (Å²) >= 11 is 6.12. The molecule has 0 aliphatic carbocycles. The van der Waals surface area contributed by atoms with Gasteiger partial charge in [-0.15, -0.1) is 11.6 Å². The van der Waals surface area contributed by atoms with Gasteiger partial charge in [-0.3, -0.25) is 4.98 Å². The molecule has 0 spiro atoms. The summed E-state index contributed by atoms with van der Waals surface area (Å²) in [5, 5.41) is 0.188. The van der Waals surface area contributed by atoms with E-state index >= 15 is 0 Å². The van der Waals surface area contributed by atoms with Crippen molar-refractivity contribution in [2.75, 3.05) is 19.8 Å². The van der Waals surface area contributed by atoms with Crippen LogP contribution < -0.4 is 4.74 Å². The third-order valence-electron chi connectivity index (χ3n) is 4.79. The van der Waals surface area contributed by atoms with Gasteiger partial charge in [0.05, 0.1) is 18.9 Å². The van der Waals surface area contributed by atoms with E-state index in [1.54, 1.807) is 0 Å². The molecule has 1 atom stereocenters. The third-order valence-corrected chi connectivity index (χ3v) is 5.32. The van der Waals surface area contributed by atoms with Crippen LogP contribution in [0, 0.1) is 0 Å². The first-order chi connectivity index (χ1) is 13.7. The Morgan fingerprint density at radius 1 is 0.929 bits per heavy atom. The molecular weight excluding hydrogens is 370 g/mol. The summed E-state index contributed by atoms with van der Waals surface area (Å²) in [5.74, 6) is 0.872. The van der Waals surface area contributed by atoms with Crippen LogP contribution in [0.5, 0.6) is 5.75 Å². The Labute approximate surface area is 175 Å². The molecule has 0 amide bonds. The molecule has 154 valence electrons. The van der Waals surface area contributed by atoms with E-state index in [1.807, 2.05) is 18.3 Å². The molecule has 0 radical (unpaired) electrons. The molecule has 0 aliphatic rings. The zero-order valence-corrected chi connectivity index (χ0v) is 18.1. The lowest BCUT2D eigenvalue weighted by Crippen LogP contribution is -2.05. The molecule has 0 fully saturated rings. The van der Waals surface area contributed by atoms with Gasteiger partial charge in [-0.1, -0.05) is 39.2 Å². The minimum Gasteiger partial charge on any atom is -0.494 e. The molecule has 0 saturated heterocycles. The van der Waals surface area contributed by atoms with Gasteiger partial charge in [0.2, 0.25) is 0 Å². The minimum atomic E-state index is 0.188. The first-order valence-corrected chi connectivity index (χ1v) is 11.1. The number of aromatic nitrogens is 1. The molecule has 0 aliphatic heterocycles. The molecule has 1 aromatic heterocycles. The summed E-state index contributed by atoms with van der Waals surface area (Å²) in [6.45, 7) is 6.59. The molecule has 0 saturated carbocycles. The molecule has 2 aromatic rings. The number of unbranched alkanes of at least 4 members (excludes halogenated alkanes) is 3. The van der Waals surface area contributed by atoms with Crippen LogP contribution in [0.4, 0.5) is 0 Å². The molecule has 1 unspecified atom stereocenters. The van der Waals surface area contributed by atoms with E-state index in [1.165, 1.54) is 24.8 Å². The second kappa shape index (κ2) is 13.6. The first-order valence-electron chi connectivity index (χ1n) is 10.6. The normalized spacial score (nSPS) is 12.1. The number of hydrogen-bond donors (Lipinski definition) is 0. The molecule has 28 heavy (non-hydrogen) atoms. The Morgan fingerprint density at radius 3 is 2.43 bits per heavy atom. The predicted molar refractivity (Wildman–Crippen MR) is 118 cm³/mol. The monoisotopic (exact) mass is 403 g/mol. The van der Waals surface area contributed by atoms with E-state index in [0.717, 1.165) is 55.9 Å². The van der Waals surface area contributed by atoms with Gasteiger partial charge < -0.3 is 9.47 Å². The Hall–Kier alpha value is -1.58. The number of hydrogen-bond acceptors (Lipinski definition) is 3.